The van der Waals surface area contributed by atoms with Gasteiger partial charge in [-0.05, 0) is 46.9 Å². The van der Waals surface area contributed by atoms with Gasteiger partial charge in [0.2, 0.25) is 18.6 Å². The van der Waals surface area contributed by atoms with Crippen LogP contribution in [0.4, 0.5) is 5.69 Å². The summed E-state index contributed by atoms with van der Waals surface area (Å²) in [6.45, 7) is 0.116. The molecule has 0 N–H and O–H groups in total. The van der Waals surface area contributed by atoms with Crippen molar-refractivity contribution in [3.63, 3.8) is 0 Å². The van der Waals surface area contributed by atoms with Crippen LogP contribution in [-0.2, 0) is 14.4 Å². The zero-order chi connectivity index (χ0) is 27.1. The fourth-order valence-electron chi connectivity index (χ4n) is 6.60. The molecule has 1 aliphatic carbocycles. The van der Waals surface area contributed by atoms with E-state index in [2.05, 4.69) is 0 Å². The number of benzene rings is 4. The molecule has 40 heavy (non-hydrogen) atoms. The Morgan fingerprint density at radius 2 is 1.62 bits per heavy atom. The molecule has 8 rings (SSSR count). The molecule has 196 valence electrons. The molecule has 2 amide bonds. The molecule has 0 radical (unpaired) electrons. The molecule has 0 spiro atoms. The molecule has 1 saturated heterocycles. The van der Waals surface area contributed by atoms with Crippen molar-refractivity contribution in [3.05, 3.63) is 101 Å². The van der Waals surface area contributed by atoms with Gasteiger partial charge in [0, 0.05) is 21.9 Å². The Bertz CT molecular complexity index is 1830. The van der Waals surface area contributed by atoms with E-state index in [0.29, 0.717) is 33.5 Å². The Kier molecular flexibility index (Phi) is 4.91. The summed E-state index contributed by atoms with van der Waals surface area (Å²) in [5.41, 5.74) is 2.60. The van der Waals surface area contributed by atoms with Gasteiger partial charge < -0.3 is 14.2 Å². The van der Waals surface area contributed by atoms with Crippen LogP contribution in [0.15, 0.2) is 84.9 Å². The molecule has 4 aliphatic rings. The molecule has 0 saturated carbocycles. The minimum absolute atomic E-state index is 0.116. The lowest BCUT2D eigenvalue weighted by molar-refractivity contribution is -0.142. The summed E-state index contributed by atoms with van der Waals surface area (Å²) in [7, 11) is 0. The first-order chi connectivity index (χ1) is 19.5. The minimum atomic E-state index is -0.950. The van der Waals surface area contributed by atoms with Crippen molar-refractivity contribution in [1.29, 1.82) is 0 Å². The van der Waals surface area contributed by atoms with E-state index in [1.54, 1.807) is 24.3 Å². The van der Waals surface area contributed by atoms with Gasteiger partial charge in [-0.2, -0.15) is 0 Å². The molecule has 3 aliphatic heterocycles. The maximum absolute atomic E-state index is 14.1. The number of fused-ring (bicyclic) bond motifs is 8. The molecule has 0 bridgehead atoms. The van der Waals surface area contributed by atoms with Crippen LogP contribution in [0.1, 0.15) is 17.0 Å². The molecule has 4 aromatic carbocycles. The van der Waals surface area contributed by atoms with E-state index >= 15 is 0 Å². The number of hydrogen-bond donors (Lipinski definition) is 0. The first-order valence-electron chi connectivity index (χ1n) is 13.0. The molecule has 0 aromatic heterocycles. The van der Waals surface area contributed by atoms with Gasteiger partial charge in [0.25, 0.3) is 0 Å². The molecule has 4 atom stereocenters. The third kappa shape index (κ3) is 3.21. The highest BCUT2D eigenvalue weighted by Crippen LogP contribution is 2.56. The molecule has 0 unspecified atom stereocenters. The third-order valence-corrected chi connectivity index (χ3v) is 8.57. The number of imide groups is 1. The summed E-state index contributed by atoms with van der Waals surface area (Å²) in [5, 5.41) is 2.15. The predicted octanol–water partition coefficient (Wildman–Crippen LogP) is 5.74. The van der Waals surface area contributed by atoms with Crippen molar-refractivity contribution < 1.29 is 28.6 Å². The Morgan fingerprint density at radius 3 is 2.50 bits per heavy atom. The lowest BCUT2D eigenvalue weighted by Gasteiger charge is -2.38. The largest absolute Gasteiger partial charge is 0.454 e. The predicted molar refractivity (Wildman–Crippen MR) is 147 cm³/mol. The van der Waals surface area contributed by atoms with Crippen LogP contribution in [-0.4, -0.2) is 24.6 Å². The molecule has 4 aromatic rings. The normalized spacial score (nSPS) is 24.4. The molecule has 7 nitrogen and oxygen atoms in total. The van der Waals surface area contributed by atoms with Gasteiger partial charge in [-0.3, -0.25) is 14.4 Å². The quantitative estimate of drug-likeness (QED) is 0.180. The number of allylic oxidation sites excluding steroid dienone is 1. The lowest BCUT2D eigenvalue weighted by atomic mass is 9.64. The van der Waals surface area contributed by atoms with Crippen molar-refractivity contribution in [2.75, 3.05) is 11.7 Å². The van der Waals surface area contributed by atoms with Crippen molar-refractivity contribution in [2.24, 2.45) is 17.8 Å². The smallest absolute Gasteiger partial charge is 0.319 e. The van der Waals surface area contributed by atoms with Crippen LogP contribution in [0, 0.1) is 17.8 Å². The highest BCUT2D eigenvalue weighted by Gasteiger charge is 2.60. The van der Waals surface area contributed by atoms with Gasteiger partial charge in [-0.1, -0.05) is 66.2 Å². The fourth-order valence-corrected chi connectivity index (χ4v) is 6.79. The molecule has 8 heteroatoms. The standard InChI is InChI=1S/C32H20ClNO6/c33-18-5-3-6-19(13-18)34-30(35)26-22(17-9-11-24-25(12-17)39-15-38-24)14-23-21-10-8-16-4-1-2-7-20(16)29(21)40-32(37)27(23)28(26)31(34)36/h1-14,22,26-28H,15H2/t22-,26+,27+,28+/m1/s1. The summed E-state index contributed by atoms with van der Waals surface area (Å²) in [4.78, 5) is 43.1. The van der Waals surface area contributed by atoms with E-state index in [9.17, 15) is 14.4 Å². The monoisotopic (exact) mass is 549 g/mol. The summed E-state index contributed by atoms with van der Waals surface area (Å²) in [6.07, 6.45) is 1.96. The van der Waals surface area contributed by atoms with Gasteiger partial charge >= 0.3 is 5.97 Å². The summed E-state index contributed by atoms with van der Waals surface area (Å²) < 4.78 is 17.1. The van der Waals surface area contributed by atoms with Crippen molar-refractivity contribution in [3.8, 4) is 17.2 Å². The zero-order valence-corrected chi connectivity index (χ0v) is 21.6. The number of halogens is 1. The fraction of sp³-hybridized carbons (Fsp3) is 0.156. The van der Waals surface area contributed by atoms with Crippen LogP contribution in [0.25, 0.3) is 16.3 Å². The van der Waals surface area contributed by atoms with Crippen LogP contribution in [0.2, 0.25) is 5.02 Å². The summed E-state index contributed by atoms with van der Waals surface area (Å²) in [5.74, 6) is -2.90. The van der Waals surface area contributed by atoms with E-state index < -0.39 is 35.5 Å². The van der Waals surface area contributed by atoms with Gasteiger partial charge in [-0.25, -0.2) is 4.90 Å². The van der Waals surface area contributed by atoms with Crippen LogP contribution < -0.4 is 19.1 Å². The van der Waals surface area contributed by atoms with Crippen LogP contribution >= 0.6 is 11.6 Å². The Labute approximate surface area is 233 Å². The van der Waals surface area contributed by atoms with Crippen molar-refractivity contribution >= 4 is 51.4 Å². The van der Waals surface area contributed by atoms with E-state index in [1.807, 2.05) is 60.7 Å². The second-order valence-electron chi connectivity index (χ2n) is 10.4. The van der Waals surface area contributed by atoms with E-state index in [-0.39, 0.29) is 12.7 Å². The number of hydrogen-bond acceptors (Lipinski definition) is 6. The molecule has 3 heterocycles. The second kappa shape index (κ2) is 8.44. The van der Waals surface area contributed by atoms with Gasteiger partial charge in [0.1, 0.15) is 5.75 Å². The highest BCUT2D eigenvalue weighted by molar-refractivity contribution is 6.31. The third-order valence-electron chi connectivity index (χ3n) is 8.33. The van der Waals surface area contributed by atoms with Crippen LogP contribution in [0.3, 0.4) is 0 Å². The Hall–Kier alpha value is -4.62. The van der Waals surface area contributed by atoms with E-state index in [1.165, 1.54) is 4.90 Å². The molecule has 1 fully saturated rings. The summed E-state index contributed by atoms with van der Waals surface area (Å²) >= 11 is 6.23. The second-order valence-corrected chi connectivity index (χ2v) is 10.8. The zero-order valence-electron chi connectivity index (χ0n) is 20.9. The van der Waals surface area contributed by atoms with Crippen molar-refractivity contribution in [1.82, 2.24) is 0 Å². The Balaban J connectivity index is 1.35. The molecular weight excluding hydrogens is 530 g/mol. The van der Waals surface area contributed by atoms with Crippen LogP contribution in [0.5, 0.6) is 17.2 Å². The van der Waals surface area contributed by atoms with E-state index in [0.717, 1.165) is 21.9 Å². The van der Waals surface area contributed by atoms with Crippen molar-refractivity contribution in [2.45, 2.75) is 5.92 Å². The average molecular weight is 550 g/mol. The minimum Gasteiger partial charge on any atom is -0.454 e. The number of amides is 2. The topological polar surface area (TPSA) is 82.1 Å². The number of esters is 1. The van der Waals surface area contributed by atoms with Gasteiger partial charge in [0.15, 0.2) is 11.5 Å². The molecular formula is C32H20ClNO6. The first-order valence-corrected chi connectivity index (χ1v) is 13.4. The van der Waals surface area contributed by atoms with Gasteiger partial charge in [-0.15, -0.1) is 0 Å². The maximum atomic E-state index is 14.1. The number of anilines is 1. The van der Waals surface area contributed by atoms with Gasteiger partial charge in [0.05, 0.1) is 23.4 Å². The Morgan fingerprint density at radius 1 is 0.800 bits per heavy atom. The lowest BCUT2D eigenvalue weighted by Crippen LogP contribution is -2.42. The average Bonchev–Trinajstić information content (AvgIpc) is 3.54. The maximum Gasteiger partial charge on any atom is 0.319 e. The number of nitrogens with zero attached hydrogens (tertiary/aromatic N) is 1. The summed E-state index contributed by atoms with van der Waals surface area (Å²) in [6, 6.07) is 23.8. The SMILES string of the molecule is O=C1Oc2c(ccc3ccccc23)C2=C[C@H](c3ccc4c(c3)OCO4)[C@@H]3C(=O)N(c4cccc(Cl)c4)C(=O)[C@@H]3[C@@H]12. The first kappa shape index (κ1) is 23.3. The van der Waals surface area contributed by atoms with E-state index in [4.69, 9.17) is 25.8 Å². The highest BCUT2D eigenvalue weighted by atomic mass is 35.5. The number of carbonyl (C=O) groups excluding carboxylic acids is 3. The number of rotatable bonds is 2. The number of ether oxygens (including phenoxy) is 3. The number of carbonyl (C=O) groups is 3.